The topological polar surface area (TPSA) is 21.3 Å². The second-order valence-electron chi connectivity index (χ2n) is 5.15. The summed E-state index contributed by atoms with van der Waals surface area (Å²) in [6, 6.07) is -0.437. The van der Waals surface area contributed by atoms with Gasteiger partial charge < -0.3 is 10.1 Å². The third-order valence-electron chi connectivity index (χ3n) is 3.82. The van der Waals surface area contributed by atoms with Gasteiger partial charge in [0.15, 0.2) is 0 Å². The van der Waals surface area contributed by atoms with Crippen LogP contribution in [0.4, 0.5) is 13.2 Å². The zero-order chi connectivity index (χ0) is 13.0. The maximum absolute atomic E-state index is 12.9. The average molecular weight is 263 g/mol. The smallest absolute Gasteiger partial charge is 0.393 e. The Bertz CT molecular complexity index is 290. The fourth-order valence-corrected chi connectivity index (χ4v) is 2.78. The SMILES string of the molecule is FC(F)(F)[C@@H]1CCCC[C@@H]1NC[C@@H]1CCC=CO1. The molecular formula is C13H20F3NO. The van der Waals surface area contributed by atoms with Crippen LogP contribution in [-0.4, -0.2) is 24.9 Å². The maximum atomic E-state index is 12.9. The van der Waals surface area contributed by atoms with Crippen LogP contribution in [0.3, 0.4) is 0 Å². The first kappa shape index (κ1) is 13.7. The van der Waals surface area contributed by atoms with Crippen molar-refractivity contribution in [1.82, 2.24) is 5.32 Å². The lowest BCUT2D eigenvalue weighted by Gasteiger charge is -2.34. The van der Waals surface area contributed by atoms with Gasteiger partial charge in [-0.05, 0) is 31.8 Å². The number of nitrogens with one attached hydrogen (secondary N) is 1. The lowest BCUT2D eigenvalue weighted by molar-refractivity contribution is -0.189. The highest BCUT2D eigenvalue weighted by Crippen LogP contribution is 2.37. The van der Waals surface area contributed by atoms with Crippen molar-refractivity contribution < 1.29 is 17.9 Å². The van der Waals surface area contributed by atoms with Crippen molar-refractivity contribution in [2.75, 3.05) is 6.54 Å². The summed E-state index contributed by atoms with van der Waals surface area (Å²) in [5.41, 5.74) is 0. The fraction of sp³-hybridized carbons (Fsp3) is 0.846. The van der Waals surface area contributed by atoms with Crippen LogP contribution in [-0.2, 0) is 4.74 Å². The summed E-state index contributed by atoms with van der Waals surface area (Å²) in [4.78, 5) is 0. The second kappa shape index (κ2) is 5.95. The lowest BCUT2D eigenvalue weighted by atomic mass is 9.84. The Morgan fingerprint density at radius 2 is 1.94 bits per heavy atom. The minimum absolute atomic E-state index is 0.0193. The highest BCUT2D eigenvalue weighted by molar-refractivity contribution is 4.88. The summed E-state index contributed by atoms with van der Waals surface area (Å²) in [6.45, 7) is 0.515. The number of ether oxygens (including phenoxy) is 1. The molecular weight excluding hydrogens is 243 g/mol. The van der Waals surface area contributed by atoms with Crippen molar-refractivity contribution >= 4 is 0 Å². The molecule has 5 heteroatoms. The van der Waals surface area contributed by atoms with Crippen LogP contribution < -0.4 is 5.32 Å². The Kier molecular flexibility index (Phi) is 4.54. The molecule has 1 aliphatic heterocycles. The van der Waals surface area contributed by atoms with Crippen LogP contribution in [0.2, 0.25) is 0 Å². The van der Waals surface area contributed by atoms with Gasteiger partial charge in [-0.2, -0.15) is 13.2 Å². The molecule has 0 saturated heterocycles. The molecule has 0 bridgehead atoms. The number of allylic oxidation sites excluding steroid dienone is 1. The van der Waals surface area contributed by atoms with Crippen LogP contribution in [0.5, 0.6) is 0 Å². The van der Waals surface area contributed by atoms with E-state index in [4.69, 9.17) is 4.74 Å². The first-order chi connectivity index (χ1) is 8.57. The fourth-order valence-electron chi connectivity index (χ4n) is 2.78. The highest BCUT2D eigenvalue weighted by atomic mass is 19.4. The van der Waals surface area contributed by atoms with Crippen LogP contribution in [0.25, 0.3) is 0 Å². The molecule has 1 heterocycles. The number of alkyl halides is 3. The summed E-state index contributed by atoms with van der Waals surface area (Å²) < 4.78 is 44.0. The molecule has 0 unspecified atom stereocenters. The van der Waals surface area contributed by atoms with Crippen molar-refractivity contribution in [3.63, 3.8) is 0 Å². The summed E-state index contributed by atoms with van der Waals surface area (Å²) in [5, 5.41) is 3.07. The predicted molar refractivity (Wildman–Crippen MR) is 63.1 cm³/mol. The van der Waals surface area contributed by atoms with E-state index in [2.05, 4.69) is 5.32 Å². The minimum Gasteiger partial charge on any atom is -0.497 e. The van der Waals surface area contributed by atoms with Crippen molar-refractivity contribution in [1.29, 1.82) is 0 Å². The third kappa shape index (κ3) is 3.64. The quantitative estimate of drug-likeness (QED) is 0.842. The number of halogens is 3. The maximum Gasteiger partial charge on any atom is 0.393 e. The molecule has 1 saturated carbocycles. The van der Waals surface area contributed by atoms with Gasteiger partial charge in [0.25, 0.3) is 0 Å². The van der Waals surface area contributed by atoms with E-state index < -0.39 is 18.1 Å². The Balaban J connectivity index is 1.83. The van der Waals surface area contributed by atoms with Crippen molar-refractivity contribution in [3.8, 4) is 0 Å². The largest absolute Gasteiger partial charge is 0.497 e. The average Bonchev–Trinajstić information content (AvgIpc) is 2.37. The van der Waals surface area contributed by atoms with Gasteiger partial charge in [-0.1, -0.05) is 12.8 Å². The van der Waals surface area contributed by atoms with E-state index in [1.807, 2.05) is 6.08 Å². The number of rotatable bonds is 3. The van der Waals surface area contributed by atoms with Gasteiger partial charge in [-0.15, -0.1) is 0 Å². The molecule has 0 aromatic heterocycles. The third-order valence-corrected chi connectivity index (χ3v) is 3.82. The van der Waals surface area contributed by atoms with Crippen LogP contribution in [0.15, 0.2) is 12.3 Å². The number of hydrogen-bond donors (Lipinski definition) is 1. The van der Waals surface area contributed by atoms with Crippen molar-refractivity contribution in [2.45, 2.75) is 56.8 Å². The van der Waals surface area contributed by atoms with Crippen LogP contribution >= 0.6 is 0 Å². The van der Waals surface area contributed by atoms with E-state index in [-0.39, 0.29) is 12.5 Å². The summed E-state index contributed by atoms with van der Waals surface area (Å²) in [7, 11) is 0. The molecule has 1 aliphatic carbocycles. The first-order valence-electron chi connectivity index (χ1n) is 6.68. The molecule has 18 heavy (non-hydrogen) atoms. The first-order valence-corrected chi connectivity index (χ1v) is 6.68. The van der Waals surface area contributed by atoms with Gasteiger partial charge in [0.1, 0.15) is 6.10 Å². The molecule has 2 rings (SSSR count). The van der Waals surface area contributed by atoms with Gasteiger partial charge >= 0.3 is 6.18 Å². The van der Waals surface area contributed by atoms with Gasteiger partial charge in [-0.3, -0.25) is 0 Å². The van der Waals surface area contributed by atoms with E-state index in [1.165, 1.54) is 0 Å². The zero-order valence-electron chi connectivity index (χ0n) is 10.4. The van der Waals surface area contributed by atoms with E-state index in [0.29, 0.717) is 19.4 Å². The van der Waals surface area contributed by atoms with Crippen molar-refractivity contribution in [2.24, 2.45) is 5.92 Å². The molecule has 2 nitrogen and oxygen atoms in total. The van der Waals surface area contributed by atoms with Gasteiger partial charge in [-0.25, -0.2) is 0 Å². The highest BCUT2D eigenvalue weighted by Gasteiger charge is 2.45. The molecule has 0 aromatic rings. The Labute approximate surface area is 106 Å². The molecule has 1 fully saturated rings. The van der Waals surface area contributed by atoms with E-state index in [1.54, 1.807) is 6.26 Å². The predicted octanol–water partition coefficient (Wildman–Crippen LogP) is 3.39. The van der Waals surface area contributed by atoms with Crippen LogP contribution in [0.1, 0.15) is 38.5 Å². The van der Waals surface area contributed by atoms with E-state index >= 15 is 0 Å². The van der Waals surface area contributed by atoms with Crippen LogP contribution in [0, 0.1) is 5.92 Å². The summed E-state index contributed by atoms with van der Waals surface area (Å²) in [6.07, 6.45) is 3.80. The normalized spacial score (nSPS) is 33.2. The van der Waals surface area contributed by atoms with Gasteiger partial charge in [0.2, 0.25) is 0 Å². The molecule has 0 spiro atoms. The molecule has 0 amide bonds. The molecule has 3 atom stereocenters. The molecule has 0 radical (unpaired) electrons. The lowest BCUT2D eigenvalue weighted by Crippen LogP contribution is -2.47. The van der Waals surface area contributed by atoms with Crippen molar-refractivity contribution in [3.05, 3.63) is 12.3 Å². The molecule has 0 aromatic carbocycles. The molecule has 104 valence electrons. The monoisotopic (exact) mass is 263 g/mol. The van der Waals surface area contributed by atoms with Gasteiger partial charge in [0.05, 0.1) is 12.2 Å². The number of hydrogen-bond acceptors (Lipinski definition) is 2. The summed E-state index contributed by atoms with van der Waals surface area (Å²) >= 11 is 0. The zero-order valence-corrected chi connectivity index (χ0v) is 10.4. The van der Waals surface area contributed by atoms with E-state index in [0.717, 1.165) is 19.3 Å². The van der Waals surface area contributed by atoms with Gasteiger partial charge in [0, 0.05) is 12.6 Å². The second-order valence-corrected chi connectivity index (χ2v) is 5.15. The Morgan fingerprint density at radius 1 is 1.17 bits per heavy atom. The van der Waals surface area contributed by atoms with E-state index in [9.17, 15) is 13.2 Å². The molecule has 2 aliphatic rings. The Hall–Kier alpha value is -0.710. The standard InChI is InChI=1S/C13H20F3NO/c14-13(15,16)11-6-1-2-7-12(11)17-9-10-5-3-4-8-18-10/h4,8,10-12,17H,1-3,5-7,9H2/t10-,11+,12-/m0/s1. The Morgan fingerprint density at radius 3 is 2.61 bits per heavy atom. The molecule has 1 N–H and O–H groups in total. The summed E-state index contributed by atoms with van der Waals surface area (Å²) in [5.74, 6) is -1.19. The minimum atomic E-state index is -4.08.